The van der Waals surface area contributed by atoms with Gasteiger partial charge in [0.1, 0.15) is 5.75 Å². The van der Waals surface area contributed by atoms with Crippen molar-refractivity contribution in [3.8, 4) is 5.75 Å². The smallest absolute Gasteiger partial charge is 0.264 e. The van der Waals surface area contributed by atoms with Crippen LogP contribution in [0.2, 0.25) is 0 Å². The van der Waals surface area contributed by atoms with Gasteiger partial charge in [-0.2, -0.15) is 0 Å². The Kier molecular flexibility index (Phi) is 4.29. The molecule has 1 amide bonds. The summed E-state index contributed by atoms with van der Waals surface area (Å²) >= 11 is 0. The molecule has 4 aliphatic carbocycles. The van der Waals surface area contributed by atoms with Crippen LogP contribution in [-0.2, 0) is 10.0 Å². The maximum absolute atomic E-state index is 12.0. The Morgan fingerprint density at radius 1 is 1.15 bits per heavy atom. The van der Waals surface area contributed by atoms with Crippen molar-refractivity contribution < 1.29 is 17.9 Å². The molecule has 5 nitrogen and oxygen atoms in total. The standard InChI is InChI=1S/C20H27NO4S/c1-13-5-17(19(22)21-26(2,23)24)3-4-18(13)25-12-20-9-14-6-15(10-20)8-16(7-14)11-20/h3-5,14-16H,6-12H2,1-2H3,(H,21,22). The number of hydrogen-bond acceptors (Lipinski definition) is 4. The fourth-order valence-electron chi connectivity index (χ4n) is 5.88. The molecule has 0 aliphatic heterocycles. The molecule has 0 spiro atoms. The summed E-state index contributed by atoms with van der Waals surface area (Å²) in [5, 5.41) is 0. The summed E-state index contributed by atoms with van der Waals surface area (Å²) < 4.78 is 30.6. The van der Waals surface area contributed by atoms with Crippen LogP contribution in [0.25, 0.3) is 0 Å². The summed E-state index contributed by atoms with van der Waals surface area (Å²) in [5.74, 6) is 2.87. The Hall–Kier alpha value is -1.56. The Morgan fingerprint density at radius 2 is 1.73 bits per heavy atom. The fourth-order valence-corrected chi connectivity index (χ4v) is 6.33. The summed E-state index contributed by atoms with van der Waals surface area (Å²) in [6, 6.07) is 5.10. The van der Waals surface area contributed by atoms with Crippen molar-refractivity contribution >= 4 is 15.9 Å². The first-order chi connectivity index (χ1) is 12.2. The number of carbonyl (C=O) groups is 1. The molecule has 1 aromatic rings. The molecule has 1 N–H and O–H groups in total. The number of nitrogens with one attached hydrogen (secondary N) is 1. The van der Waals surface area contributed by atoms with Gasteiger partial charge in [-0.3, -0.25) is 4.79 Å². The van der Waals surface area contributed by atoms with Crippen LogP contribution in [0.4, 0.5) is 0 Å². The minimum absolute atomic E-state index is 0.329. The lowest BCUT2D eigenvalue weighted by Gasteiger charge is -2.56. The molecule has 0 atom stereocenters. The number of ether oxygens (including phenoxy) is 1. The van der Waals surface area contributed by atoms with E-state index in [0.29, 0.717) is 11.0 Å². The number of hydrogen-bond donors (Lipinski definition) is 1. The number of amides is 1. The van der Waals surface area contributed by atoms with Crippen molar-refractivity contribution in [2.24, 2.45) is 23.2 Å². The van der Waals surface area contributed by atoms with Gasteiger partial charge in [-0.1, -0.05) is 0 Å². The first kappa shape index (κ1) is 17.8. The highest BCUT2D eigenvalue weighted by Crippen LogP contribution is 2.60. The predicted molar refractivity (Wildman–Crippen MR) is 99.6 cm³/mol. The molecule has 4 saturated carbocycles. The molecule has 0 radical (unpaired) electrons. The minimum Gasteiger partial charge on any atom is -0.493 e. The van der Waals surface area contributed by atoms with Gasteiger partial charge in [0.25, 0.3) is 5.91 Å². The number of aryl methyl sites for hydroxylation is 1. The number of benzene rings is 1. The van der Waals surface area contributed by atoms with Crippen molar-refractivity contribution in [3.63, 3.8) is 0 Å². The van der Waals surface area contributed by atoms with E-state index in [9.17, 15) is 13.2 Å². The third kappa shape index (κ3) is 3.61. The number of rotatable bonds is 5. The maximum Gasteiger partial charge on any atom is 0.264 e. The average molecular weight is 378 g/mol. The van der Waals surface area contributed by atoms with Gasteiger partial charge in [-0.25, -0.2) is 13.1 Å². The van der Waals surface area contributed by atoms with Crippen LogP contribution in [0.3, 0.4) is 0 Å². The van der Waals surface area contributed by atoms with E-state index in [1.54, 1.807) is 18.2 Å². The summed E-state index contributed by atoms with van der Waals surface area (Å²) in [6.07, 6.45) is 9.13. The molecule has 0 unspecified atom stereocenters. The topological polar surface area (TPSA) is 72.5 Å². The zero-order valence-corrected chi connectivity index (χ0v) is 16.3. The highest BCUT2D eigenvalue weighted by atomic mass is 32.2. The Labute approximate surface area is 155 Å². The van der Waals surface area contributed by atoms with E-state index in [2.05, 4.69) is 0 Å². The second kappa shape index (κ2) is 6.25. The third-order valence-corrected chi connectivity index (χ3v) is 6.97. The fraction of sp³-hybridized carbons (Fsp3) is 0.650. The molecular weight excluding hydrogens is 350 g/mol. The first-order valence-corrected chi connectivity index (χ1v) is 11.4. The van der Waals surface area contributed by atoms with Crippen LogP contribution in [0.5, 0.6) is 5.75 Å². The Bertz CT molecular complexity index is 795. The normalized spacial score (nSPS) is 32.5. The van der Waals surface area contributed by atoms with Gasteiger partial charge in [0.05, 0.1) is 12.9 Å². The lowest BCUT2D eigenvalue weighted by molar-refractivity contribution is -0.0746. The Balaban J connectivity index is 1.44. The van der Waals surface area contributed by atoms with E-state index in [0.717, 1.165) is 41.9 Å². The number of carbonyl (C=O) groups excluding carboxylic acids is 1. The van der Waals surface area contributed by atoms with Gasteiger partial charge in [0.2, 0.25) is 10.0 Å². The van der Waals surface area contributed by atoms with Crippen LogP contribution < -0.4 is 9.46 Å². The molecule has 26 heavy (non-hydrogen) atoms. The lowest BCUT2D eigenvalue weighted by Crippen LogP contribution is -2.48. The molecule has 6 heteroatoms. The average Bonchev–Trinajstić information content (AvgIpc) is 2.50. The maximum atomic E-state index is 12.0. The van der Waals surface area contributed by atoms with Gasteiger partial charge in [-0.05, 0) is 87.0 Å². The monoisotopic (exact) mass is 377 g/mol. The molecule has 4 bridgehead atoms. The van der Waals surface area contributed by atoms with Crippen molar-refractivity contribution in [1.29, 1.82) is 0 Å². The van der Waals surface area contributed by atoms with Crippen molar-refractivity contribution in [3.05, 3.63) is 29.3 Å². The summed E-state index contributed by atoms with van der Waals surface area (Å²) in [7, 11) is -3.56. The molecule has 0 saturated heterocycles. The molecule has 5 rings (SSSR count). The lowest BCUT2D eigenvalue weighted by atomic mass is 9.50. The highest BCUT2D eigenvalue weighted by molar-refractivity contribution is 7.89. The minimum atomic E-state index is -3.56. The summed E-state index contributed by atoms with van der Waals surface area (Å²) in [5.41, 5.74) is 1.53. The largest absolute Gasteiger partial charge is 0.493 e. The predicted octanol–water partition coefficient (Wildman–Crippen LogP) is 3.28. The van der Waals surface area contributed by atoms with E-state index >= 15 is 0 Å². The zero-order chi connectivity index (χ0) is 18.5. The van der Waals surface area contributed by atoms with Gasteiger partial charge in [0.15, 0.2) is 0 Å². The molecule has 1 aromatic carbocycles. The number of sulfonamides is 1. The highest BCUT2D eigenvalue weighted by Gasteiger charge is 2.51. The molecule has 4 aliphatic rings. The molecule has 0 aromatic heterocycles. The van der Waals surface area contributed by atoms with Crippen LogP contribution in [0, 0.1) is 30.1 Å². The summed E-state index contributed by atoms with van der Waals surface area (Å²) in [6.45, 7) is 2.65. The van der Waals surface area contributed by atoms with Crippen LogP contribution in [-0.4, -0.2) is 27.2 Å². The van der Waals surface area contributed by atoms with E-state index < -0.39 is 15.9 Å². The van der Waals surface area contributed by atoms with Crippen LogP contribution in [0.15, 0.2) is 18.2 Å². The quantitative estimate of drug-likeness (QED) is 0.855. The summed E-state index contributed by atoms with van der Waals surface area (Å²) in [4.78, 5) is 12.0. The molecule has 142 valence electrons. The molecular formula is C20H27NO4S. The van der Waals surface area contributed by atoms with Gasteiger partial charge in [-0.15, -0.1) is 0 Å². The van der Waals surface area contributed by atoms with Crippen LogP contribution >= 0.6 is 0 Å². The van der Waals surface area contributed by atoms with E-state index in [1.807, 2.05) is 11.6 Å². The SMILES string of the molecule is Cc1cc(C(=O)NS(C)(=O)=O)ccc1OCC12CC3CC(CC(C3)C1)C2. The van der Waals surface area contributed by atoms with Crippen molar-refractivity contribution in [1.82, 2.24) is 4.72 Å². The molecule has 0 heterocycles. The third-order valence-electron chi connectivity index (χ3n) is 6.41. The van der Waals surface area contributed by atoms with E-state index in [1.165, 1.54) is 38.5 Å². The first-order valence-electron chi connectivity index (χ1n) is 9.47. The van der Waals surface area contributed by atoms with Gasteiger partial charge >= 0.3 is 0 Å². The van der Waals surface area contributed by atoms with Gasteiger partial charge in [0, 0.05) is 11.0 Å². The second-order valence-corrected chi connectivity index (χ2v) is 10.6. The van der Waals surface area contributed by atoms with Gasteiger partial charge < -0.3 is 4.74 Å². The van der Waals surface area contributed by atoms with E-state index in [-0.39, 0.29) is 0 Å². The Morgan fingerprint density at radius 3 is 2.23 bits per heavy atom. The second-order valence-electron chi connectivity index (χ2n) is 8.89. The molecule has 4 fully saturated rings. The van der Waals surface area contributed by atoms with Crippen molar-refractivity contribution in [2.75, 3.05) is 12.9 Å². The van der Waals surface area contributed by atoms with Crippen LogP contribution in [0.1, 0.15) is 54.4 Å². The zero-order valence-electron chi connectivity index (χ0n) is 15.5. The van der Waals surface area contributed by atoms with Crippen molar-refractivity contribution in [2.45, 2.75) is 45.4 Å². The van der Waals surface area contributed by atoms with E-state index in [4.69, 9.17) is 4.74 Å².